The van der Waals surface area contributed by atoms with Gasteiger partial charge in [-0.15, -0.1) is 0 Å². The van der Waals surface area contributed by atoms with Crippen LogP contribution in [0.4, 0.5) is 11.6 Å². The quantitative estimate of drug-likeness (QED) is 0.896. The van der Waals surface area contributed by atoms with Crippen LogP contribution in [0.1, 0.15) is 23.5 Å². The molecule has 20 heavy (non-hydrogen) atoms. The zero-order valence-corrected chi connectivity index (χ0v) is 11.3. The zero-order valence-electron chi connectivity index (χ0n) is 11.3. The fourth-order valence-electron chi connectivity index (χ4n) is 2.38. The molecule has 3 rings (SSSR count). The number of hydrogen-bond acceptors (Lipinski definition) is 4. The van der Waals surface area contributed by atoms with Crippen LogP contribution in [0, 0.1) is 6.92 Å². The lowest BCUT2D eigenvalue weighted by molar-refractivity contribution is -0.116. The first-order valence-electron chi connectivity index (χ1n) is 6.63. The smallest absolute Gasteiger partial charge is 0.225 e. The largest absolute Gasteiger partial charge is 0.354 e. The Morgan fingerprint density at radius 3 is 2.85 bits per heavy atom. The molecule has 0 fully saturated rings. The highest BCUT2D eigenvalue weighted by molar-refractivity contribution is 5.94. The summed E-state index contributed by atoms with van der Waals surface area (Å²) < 4.78 is 0. The van der Waals surface area contributed by atoms with Crippen molar-refractivity contribution in [3.8, 4) is 0 Å². The average Bonchev–Trinajstić information content (AvgIpc) is 2.46. The molecule has 1 aliphatic heterocycles. The van der Waals surface area contributed by atoms with E-state index in [1.54, 1.807) is 12.4 Å². The number of hydrogen-bond donors (Lipinski definition) is 2. The molecule has 2 N–H and O–H groups in total. The zero-order chi connectivity index (χ0) is 13.9. The Bertz CT molecular complexity index is 624. The van der Waals surface area contributed by atoms with Crippen LogP contribution < -0.4 is 10.6 Å². The van der Waals surface area contributed by atoms with Crippen LogP contribution in [-0.4, -0.2) is 22.4 Å². The van der Waals surface area contributed by atoms with Crippen molar-refractivity contribution >= 4 is 17.5 Å². The molecule has 1 amide bonds. The topological polar surface area (TPSA) is 66.9 Å². The number of para-hydroxylation sites is 1. The van der Waals surface area contributed by atoms with Crippen LogP contribution in [0.25, 0.3) is 0 Å². The maximum absolute atomic E-state index is 11.7. The van der Waals surface area contributed by atoms with Gasteiger partial charge in [0.05, 0.1) is 0 Å². The Morgan fingerprint density at radius 1 is 1.30 bits per heavy atom. The third kappa shape index (κ3) is 2.61. The van der Waals surface area contributed by atoms with E-state index < -0.39 is 0 Å². The molecule has 0 bridgehead atoms. The van der Waals surface area contributed by atoms with Gasteiger partial charge in [0, 0.05) is 37.0 Å². The number of benzene rings is 1. The summed E-state index contributed by atoms with van der Waals surface area (Å²) >= 11 is 0. The van der Waals surface area contributed by atoms with Crippen molar-refractivity contribution in [3.05, 3.63) is 47.8 Å². The van der Waals surface area contributed by atoms with Gasteiger partial charge in [-0.05, 0) is 24.1 Å². The maximum Gasteiger partial charge on any atom is 0.225 e. The summed E-state index contributed by atoms with van der Waals surface area (Å²) in [6.45, 7) is 2.60. The van der Waals surface area contributed by atoms with E-state index in [9.17, 15) is 4.79 Å². The molecule has 102 valence electrons. The Balaban J connectivity index is 1.74. The summed E-state index contributed by atoms with van der Waals surface area (Å²) in [5.41, 5.74) is 3.09. The van der Waals surface area contributed by atoms with Crippen molar-refractivity contribution in [2.45, 2.75) is 19.3 Å². The van der Waals surface area contributed by atoms with Gasteiger partial charge in [0.1, 0.15) is 0 Å². The molecule has 1 atom stereocenters. The van der Waals surface area contributed by atoms with Crippen LogP contribution in [-0.2, 0) is 4.79 Å². The van der Waals surface area contributed by atoms with Crippen molar-refractivity contribution in [2.24, 2.45) is 0 Å². The van der Waals surface area contributed by atoms with Gasteiger partial charge in [-0.25, -0.2) is 9.97 Å². The van der Waals surface area contributed by atoms with Gasteiger partial charge in [0.15, 0.2) is 0 Å². The Kier molecular flexibility index (Phi) is 3.33. The van der Waals surface area contributed by atoms with Crippen LogP contribution >= 0.6 is 0 Å². The minimum atomic E-state index is 0.0559. The number of aryl methyl sites for hydroxylation is 1. The third-order valence-electron chi connectivity index (χ3n) is 3.39. The lowest BCUT2D eigenvalue weighted by Gasteiger charge is -2.25. The van der Waals surface area contributed by atoms with E-state index in [1.807, 2.05) is 25.1 Å². The second kappa shape index (κ2) is 5.28. The van der Waals surface area contributed by atoms with Crippen molar-refractivity contribution < 1.29 is 4.79 Å². The highest BCUT2D eigenvalue weighted by Crippen LogP contribution is 2.31. The van der Waals surface area contributed by atoms with E-state index in [2.05, 4.69) is 26.7 Å². The van der Waals surface area contributed by atoms with Gasteiger partial charge in [0.25, 0.3) is 0 Å². The van der Waals surface area contributed by atoms with E-state index in [-0.39, 0.29) is 11.8 Å². The van der Waals surface area contributed by atoms with Crippen molar-refractivity contribution in [2.75, 3.05) is 17.2 Å². The molecule has 0 aliphatic carbocycles. The van der Waals surface area contributed by atoms with E-state index in [1.165, 1.54) is 0 Å². The van der Waals surface area contributed by atoms with E-state index in [0.29, 0.717) is 18.9 Å². The molecule has 1 aliphatic rings. The Morgan fingerprint density at radius 2 is 2.05 bits per heavy atom. The molecule has 1 unspecified atom stereocenters. The number of nitrogens with zero attached hydrogens (tertiary/aromatic N) is 2. The molecule has 0 spiro atoms. The second-order valence-corrected chi connectivity index (χ2v) is 5.00. The van der Waals surface area contributed by atoms with Crippen molar-refractivity contribution in [1.29, 1.82) is 0 Å². The van der Waals surface area contributed by atoms with Crippen LogP contribution in [0.3, 0.4) is 0 Å². The SMILES string of the molecule is Cc1cnc(NCC2CC(=O)Nc3ccccc32)nc1. The predicted octanol–water partition coefficient (Wildman–Crippen LogP) is 2.32. The number of amides is 1. The average molecular weight is 268 g/mol. The molecular weight excluding hydrogens is 252 g/mol. The Labute approximate surface area is 117 Å². The minimum Gasteiger partial charge on any atom is -0.354 e. The monoisotopic (exact) mass is 268 g/mol. The molecule has 0 radical (unpaired) electrons. The van der Waals surface area contributed by atoms with Gasteiger partial charge >= 0.3 is 0 Å². The molecule has 0 saturated heterocycles. The number of rotatable bonds is 3. The normalized spacial score (nSPS) is 17.2. The molecule has 5 nitrogen and oxygen atoms in total. The van der Waals surface area contributed by atoms with Crippen LogP contribution in [0.5, 0.6) is 0 Å². The van der Waals surface area contributed by atoms with Gasteiger partial charge < -0.3 is 10.6 Å². The fraction of sp³-hybridized carbons (Fsp3) is 0.267. The number of nitrogens with one attached hydrogen (secondary N) is 2. The number of anilines is 2. The number of carbonyl (C=O) groups excluding carboxylic acids is 1. The predicted molar refractivity (Wildman–Crippen MR) is 77.7 cm³/mol. The van der Waals surface area contributed by atoms with Crippen LogP contribution in [0.15, 0.2) is 36.7 Å². The van der Waals surface area contributed by atoms with Crippen molar-refractivity contribution in [3.63, 3.8) is 0 Å². The first-order valence-corrected chi connectivity index (χ1v) is 6.63. The fourth-order valence-corrected chi connectivity index (χ4v) is 2.38. The summed E-state index contributed by atoms with van der Waals surface area (Å²) in [7, 11) is 0. The summed E-state index contributed by atoms with van der Waals surface area (Å²) in [4.78, 5) is 20.2. The summed E-state index contributed by atoms with van der Waals surface area (Å²) in [6, 6.07) is 7.91. The first kappa shape index (κ1) is 12.6. The van der Waals surface area contributed by atoms with Gasteiger partial charge in [-0.2, -0.15) is 0 Å². The molecule has 1 aromatic carbocycles. The lowest BCUT2D eigenvalue weighted by atomic mass is 9.90. The van der Waals surface area contributed by atoms with E-state index in [4.69, 9.17) is 0 Å². The number of fused-ring (bicyclic) bond motifs is 1. The van der Waals surface area contributed by atoms with Gasteiger partial charge in [0.2, 0.25) is 11.9 Å². The molecule has 5 heteroatoms. The standard InChI is InChI=1S/C15H16N4O/c1-10-7-16-15(17-8-10)18-9-11-6-14(20)19-13-5-3-2-4-12(11)13/h2-5,7-8,11H,6,9H2,1H3,(H,19,20)(H,16,17,18). The van der Waals surface area contributed by atoms with E-state index >= 15 is 0 Å². The maximum atomic E-state index is 11.7. The van der Waals surface area contributed by atoms with Crippen molar-refractivity contribution in [1.82, 2.24) is 9.97 Å². The number of aromatic nitrogens is 2. The lowest BCUT2D eigenvalue weighted by Crippen LogP contribution is -2.27. The minimum absolute atomic E-state index is 0.0559. The third-order valence-corrected chi connectivity index (χ3v) is 3.39. The Hall–Kier alpha value is -2.43. The molecular formula is C15H16N4O. The van der Waals surface area contributed by atoms with Crippen LogP contribution in [0.2, 0.25) is 0 Å². The second-order valence-electron chi connectivity index (χ2n) is 5.00. The summed E-state index contributed by atoms with van der Waals surface area (Å²) in [5, 5.41) is 6.10. The highest BCUT2D eigenvalue weighted by atomic mass is 16.1. The summed E-state index contributed by atoms with van der Waals surface area (Å²) in [6.07, 6.45) is 4.03. The number of carbonyl (C=O) groups is 1. The highest BCUT2D eigenvalue weighted by Gasteiger charge is 2.24. The first-order chi connectivity index (χ1) is 9.72. The van der Waals surface area contributed by atoms with E-state index in [0.717, 1.165) is 16.8 Å². The van der Waals surface area contributed by atoms with Gasteiger partial charge in [-0.3, -0.25) is 4.79 Å². The molecule has 0 saturated carbocycles. The molecule has 2 heterocycles. The van der Waals surface area contributed by atoms with Gasteiger partial charge in [-0.1, -0.05) is 18.2 Å². The molecule has 1 aromatic heterocycles. The molecule has 2 aromatic rings. The summed E-state index contributed by atoms with van der Waals surface area (Å²) in [5.74, 6) is 0.796.